The third-order valence-electron chi connectivity index (χ3n) is 4.08. The zero-order chi connectivity index (χ0) is 14.6. The summed E-state index contributed by atoms with van der Waals surface area (Å²) in [5.41, 5.74) is 0.122. The van der Waals surface area contributed by atoms with Crippen LogP contribution in [0.1, 0.15) is 53.4 Å². The van der Waals surface area contributed by atoms with Gasteiger partial charge in [-0.05, 0) is 24.2 Å². The Morgan fingerprint density at radius 1 is 1.37 bits per heavy atom. The van der Waals surface area contributed by atoms with Crippen LogP contribution in [-0.2, 0) is 4.79 Å². The molecule has 2 atom stereocenters. The quantitative estimate of drug-likeness (QED) is 0.717. The average molecular weight is 270 g/mol. The number of urea groups is 1. The van der Waals surface area contributed by atoms with E-state index in [0.29, 0.717) is 0 Å². The van der Waals surface area contributed by atoms with Crippen molar-refractivity contribution in [1.82, 2.24) is 10.6 Å². The first-order valence-corrected chi connectivity index (χ1v) is 7.01. The molecule has 0 aromatic carbocycles. The highest BCUT2D eigenvalue weighted by atomic mass is 16.4. The molecule has 1 fully saturated rings. The van der Waals surface area contributed by atoms with Crippen LogP contribution in [0.3, 0.4) is 0 Å². The second-order valence-electron chi connectivity index (χ2n) is 6.50. The maximum absolute atomic E-state index is 12.0. The molecule has 110 valence electrons. The Labute approximate surface area is 115 Å². The van der Waals surface area contributed by atoms with Crippen molar-refractivity contribution in [1.29, 1.82) is 0 Å². The van der Waals surface area contributed by atoms with Gasteiger partial charge >= 0.3 is 12.0 Å². The van der Waals surface area contributed by atoms with Gasteiger partial charge in [0.1, 0.15) is 0 Å². The van der Waals surface area contributed by atoms with Gasteiger partial charge in [-0.15, -0.1) is 0 Å². The smallest absolute Gasteiger partial charge is 0.315 e. The Kier molecular flexibility index (Phi) is 5.20. The SMILES string of the molecule is CC(C)C(CC(=O)O)NC(=O)NC1CCCC1(C)C. The fourth-order valence-corrected chi connectivity index (χ4v) is 2.60. The molecule has 0 radical (unpaired) electrons. The summed E-state index contributed by atoms with van der Waals surface area (Å²) in [7, 11) is 0. The van der Waals surface area contributed by atoms with Crippen molar-refractivity contribution in [2.24, 2.45) is 11.3 Å². The van der Waals surface area contributed by atoms with Gasteiger partial charge < -0.3 is 15.7 Å². The van der Waals surface area contributed by atoms with E-state index in [2.05, 4.69) is 24.5 Å². The van der Waals surface area contributed by atoms with Crippen molar-refractivity contribution < 1.29 is 14.7 Å². The molecule has 1 rings (SSSR count). The topological polar surface area (TPSA) is 78.4 Å². The molecule has 5 heteroatoms. The van der Waals surface area contributed by atoms with Crippen LogP contribution in [0.4, 0.5) is 4.79 Å². The van der Waals surface area contributed by atoms with E-state index >= 15 is 0 Å². The Morgan fingerprint density at radius 2 is 2.00 bits per heavy atom. The summed E-state index contributed by atoms with van der Waals surface area (Å²) in [6.45, 7) is 8.13. The van der Waals surface area contributed by atoms with Crippen LogP contribution < -0.4 is 10.6 Å². The van der Waals surface area contributed by atoms with Gasteiger partial charge in [0.2, 0.25) is 0 Å². The van der Waals surface area contributed by atoms with E-state index in [-0.39, 0.29) is 35.9 Å². The molecule has 0 spiro atoms. The van der Waals surface area contributed by atoms with Crippen LogP contribution in [0, 0.1) is 11.3 Å². The highest BCUT2D eigenvalue weighted by Crippen LogP contribution is 2.37. The molecule has 2 unspecified atom stereocenters. The number of hydrogen-bond acceptors (Lipinski definition) is 2. The van der Waals surface area contributed by atoms with Gasteiger partial charge in [-0.3, -0.25) is 4.79 Å². The van der Waals surface area contributed by atoms with Gasteiger partial charge in [0.05, 0.1) is 6.42 Å². The number of carbonyl (C=O) groups excluding carboxylic acids is 1. The maximum atomic E-state index is 12.0. The van der Waals surface area contributed by atoms with Crippen molar-refractivity contribution in [3.8, 4) is 0 Å². The van der Waals surface area contributed by atoms with Crippen LogP contribution in [0.2, 0.25) is 0 Å². The number of amides is 2. The van der Waals surface area contributed by atoms with Crippen LogP contribution in [0.5, 0.6) is 0 Å². The van der Waals surface area contributed by atoms with Crippen molar-refractivity contribution in [2.75, 3.05) is 0 Å². The second-order valence-corrected chi connectivity index (χ2v) is 6.50. The lowest BCUT2D eigenvalue weighted by molar-refractivity contribution is -0.137. The number of carboxylic acids is 1. The maximum Gasteiger partial charge on any atom is 0.315 e. The number of rotatable bonds is 5. The zero-order valence-corrected chi connectivity index (χ0v) is 12.3. The van der Waals surface area contributed by atoms with Gasteiger partial charge in [-0.25, -0.2) is 4.79 Å². The molecule has 2 amide bonds. The van der Waals surface area contributed by atoms with E-state index in [1.807, 2.05) is 13.8 Å². The van der Waals surface area contributed by atoms with Gasteiger partial charge in [0.25, 0.3) is 0 Å². The van der Waals surface area contributed by atoms with E-state index in [4.69, 9.17) is 5.11 Å². The van der Waals surface area contributed by atoms with E-state index in [1.165, 1.54) is 0 Å². The van der Waals surface area contributed by atoms with E-state index in [9.17, 15) is 9.59 Å². The van der Waals surface area contributed by atoms with Gasteiger partial charge in [0.15, 0.2) is 0 Å². The van der Waals surface area contributed by atoms with Crippen LogP contribution in [0.15, 0.2) is 0 Å². The average Bonchev–Trinajstić information content (AvgIpc) is 2.56. The predicted molar refractivity (Wildman–Crippen MR) is 74.0 cm³/mol. The van der Waals surface area contributed by atoms with Crippen LogP contribution in [0.25, 0.3) is 0 Å². The molecular formula is C14H26N2O3. The predicted octanol–water partition coefficient (Wildman–Crippen LogP) is 2.36. The lowest BCUT2D eigenvalue weighted by Crippen LogP contribution is -2.50. The normalized spacial score (nSPS) is 23.1. The largest absolute Gasteiger partial charge is 0.481 e. The minimum atomic E-state index is -0.889. The zero-order valence-electron chi connectivity index (χ0n) is 12.3. The monoisotopic (exact) mass is 270 g/mol. The number of nitrogens with one attached hydrogen (secondary N) is 2. The van der Waals surface area contributed by atoms with Crippen molar-refractivity contribution >= 4 is 12.0 Å². The Balaban J connectivity index is 2.51. The molecular weight excluding hydrogens is 244 g/mol. The first-order valence-electron chi connectivity index (χ1n) is 7.01. The summed E-state index contributed by atoms with van der Waals surface area (Å²) in [6, 6.07) is -0.410. The number of aliphatic carboxylic acids is 1. The number of carboxylic acid groups (broad SMARTS) is 1. The minimum absolute atomic E-state index is 0.0425. The van der Waals surface area contributed by atoms with Crippen molar-refractivity contribution in [3.63, 3.8) is 0 Å². The highest BCUT2D eigenvalue weighted by Gasteiger charge is 2.35. The molecule has 0 heterocycles. The standard InChI is InChI=1S/C14H26N2O3/c1-9(2)10(8-12(17)18)15-13(19)16-11-6-5-7-14(11,3)4/h9-11H,5-8H2,1-4H3,(H,17,18)(H2,15,16,19). The summed E-state index contributed by atoms with van der Waals surface area (Å²) < 4.78 is 0. The lowest BCUT2D eigenvalue weighted by atomic mass is 9.87. The number of carbonyl (C=O) groups is 2. The summed E-state index contributed by atoms with van der Waals surface area (Å²) in [4.78, 5) is 22.7. The molecule has 0 aliphatic heterocycles. The molecule has 1 saturated carbocycles. The first kappa shape index (κ1) is 15.8. The Hall–Kier alpha value is -1.26. The summed E-state index contributed by atoms with van der Waals surface area (Å²) >= 11 is 0. The third-order valence-corrected chi connectivity index (χ3v) is 4.08. The molecule has 19 heavy (non-hydrogen) atoms. The van der Waals surface area contributed by atoms with Crippen molar-refractivity contribution in [2.45, 2.75) is 65.5 Å². The molecule has 1 aliphatic rings. The van der Waals surface area contributed by atoms with Crippen LogP contribution >= 0.6 is 0 Å². The Morgan fingerprint density at radius 3 is 2.42 bits per heavy atom. The molecule has 1 aliphatic carbocycles. The molecule has 0 aromatic rings. The summed E-state index contributed by atoms with van der Waals surface area (Å²) in [5.74, 6) is -0.793. The molecule has 0 bridgehead atoms. The summed E-state index contributed by atoms with van der Waals surface area (Å²) in [6.07, 6.45) is 3.19. The van der Waals surface area contributed by atoms with Gasteiger partial charge in [0, 0.05) is 12.1 Å². The van der Waals surface area contributed by atoms with Gasteiger partial charge in [-0.2, -0.15) is 0 Å². The van der Waals surface area contributed by atoms with E-state index in [0.717, 1.165) is 19.3 Å². The fourth-order valence-electron chi connectivity index (χ4n) is 2.60. The molecule has 5 nitrogen and oxygen atoms in total. The van der Waals surface area contributed by atoms with E-state index < -0.39 is 5.97 Å². The molecule has 0 saturated heterocycles. The lowest BCUT2D eigenvalue weighted by Gasteiger charge is -2.29. The first-order chi connectivity index (χ1) is 8.72. The van der Waals surface area contributed by atoms with E-state index in [1.54, 1.807) is 0 Å². The summed E-state index contributed by atoms with van der Waals surface area (Å²) in [5, 5.41) is 14.6. The van der Waals surface area contributed by atoms with Gasteiger partial charge in [-0.1, -0.05) is 34.1 Å². The Bertz CT molecular complexity index is 340. The van der Waals surface area contributed by atoms with Crippen molar-refractivity contribution in [3.05, 3.63) is 0 Å². The molecule has 3 N–H and O–H groups in total. The second kappa shape index (κ2) is 6.26. The highest BCUT2D eigenvalue weighted by molar-refractivity contribution is 5.76. The number of hydrogen-bond donors (Lipinski definition) is 3. The minimum Gasteiger partial charge on any atom is -0.481 e. The molecule has 0 aromatic heterocycles. The van der Waals surface area contributed by atoms with Crippen LogP contribution in [-0.4, -0.2) is 29.2 Å². The fraction of sp³-hybridized carbons (Fsp3) is 0.857. The third kappa shape index (κ3) is 4.73.